The van der Waals surface area contributed by atoms with Crippen LogP contribution >= 0.6 is 34.2 Å². The van der Waals surface area contributed by atoms with Crippen LogP contribution in [-0.2, 0) is 0 Å². The van der Waals surface area contributed by atoms with Crippen LogP contribution in [0, 0.1) is 16.4 Å². The Labute approximate surface area is 122 Å². The minimum atomic E-state index is 0.516. The fourth-order valence-corrected chi connectivity index (χ4v) is 3.09. The Bertz CT molecular complexity index is 385. The summed E-state index contributed by atoms with van der Waals surface area (Å²) in [6.07, 6.45) is 6.38. The van der Waals surface area contributed by atoms with Crippen LogP contribution in [0.15, 0.2) is 0 Å². The quantitative estimate of drug-likeness (QED) is 0.560. The van der Waals surface area contributed by atoms with Crippen molar-refractivity contribution in [1.29, 1.82) is 0 Å². The van der Waals surface area contributed by atoms with Crippen LogP contribution in [0.3, 0.4) is 0 Å². The molecule has 0 bridgehead atoms. The molecule has 1 aromatic rings. The van der Waals surface area contributed by atoms with Gasteiger partial charge in [0.05, 0.1) is 9.26 Å². The number of aromatic nitrogens is 2. The van der Waals surface area contributed by atoms with E-state index in [0.29, 0.717) is 11.1 Å². The van der Waals surface area contributed by atoms with Gasteiger partial charge in [0.2, 0.25) is 0 Å². The minimum absolute atomic E-state index is 0.516. The maximum Gasteiger partial charge on any atom is 0.146 e. The summed E-state index contributed by atoms with van der Waals surface area (Å²) in [7, 11) is 0. The molecule has 1 saturated carbocycles. The fraction of sp³-hybridized carbons (Fsp3) is 0.692. The average Bonchev–Trinajstić information content (AvgIpc) is 2.35. The van der Waals surface area contributed by atoms with Gasteiger partial charge in [-0.2, -0.15) is 0 Å². The monoisotopic (exact) mass is 364 g/mol. The molecular weight excluding hydrogens is 347 g/mol. The van der Waals surface area contributed by atoms with Crippen LogP contribution in [0.2, 0.25) is 5.15 Å². The van der Waals surface area contributed by atoms with E-state index in [4.69, 9.17) is 11.6 Å². The molecule has 0 amide bonds. The zero-order valence-electron chi connectivity index (χ0n) is 10.3. The summed E-state index contributed by atoms with van der Waals surface area (Å²) in [4.78, 5) is 9.10. The van der Waals surface area contributed by atoms with E-state index in [2.05, 4.69) is 39.5 Å². The second-order valence-corrected chi connectivity index (χ2v) is 6.35. The molecule has 0 aliphatic heterocycles. The highest BCUT2D eigenvalue weighted by Crippen LogP contribution is 2.36. The van der Waals surface area contributed by atoms with Crippen LogP contribution in [0.1, 0.15) is 56.5 Å². The van der Waals surface area contributed by atoms with Gasteiger partial charge in [0.15, 0.2) is 0 Å². The Kier molecular flexibility index (Phi) is 4.64. The van der Waals surface area contributed by atoms with Crippen molar-refractivity contribution in [2.24, 2.45) is 5.92 Å². The van der Waals surface area contributed by atoms with Gasteiger partial charge in [0.1, 0.15) is 11.0 Å². The van der Waals surface area contributed by atoms with E-state index in [1.807, 2.05) is 6.92 Å². The maximum absolute atomic E-state index is 6.15. The molecule has 94 valence electrons. The van der Waals surface area contributed by atoms with Crippen molar-refractivity contribution in [3.63, 3.8) is 0 Å². The molecule has 2 nitrogen and oxygen atoms in total. The summed E-state index contributed by atoms with van der Waals surface area (Å²) in [6.45, 7) is 4.29. The molecule has 1 aliphatic carbocycles. The maximum atomic E-state index is 6.15. The lowest BCUT2D eigenvalue weighted by Gasteiger charge is -2.27. The molecule has 4 heteroatoms. The topological polar surface area (TPSA) is 25.8 Å². The first-order valence-corrected chi connectivity index (χ1v) is 7.77. The molecule has 0 saturated heterocycles. The van der Waals surface area contributed by atoms with E-state index in [9.17, 15) is 0 Å². The number of aryl methyl sites for hydroxylation is 1. The molecule has 1 aromatic heterocycles. The second kappa shape index (κ2) is 5.83. The highest BCUT2D eigenvalue weighted by Gasteiger charge is 2.25. The minimum Gasteiger partial charge on any atom is -0.237 e. The van der Waals surface area contributed by atoms with Gasteiger partial charge in [0.25, 0.3) is 0 Å². The molecular formula is C13H18ClIN2. The number of nitrogens with zero attached hydrogens (tertiary/aromatic N) is 2. The average molecular weight is 365 g/mol. The number of hydrogen-bond acceptors (Lipinski definition) is 2. The fourth-order valence-electron chi connectivity index (χ4n) is 2.62. The van der Waals surface area contributed by atoms with Crippen LogP contribution in [0.4, 0.5) is 0 Å². The summed E-state index contributed by atoms with van der Waals surface area (Å²) in [5.74, 6) is 2.32. The van der Waals surface area contributed by atoms with Gasteiger partial charge in [-0.25, -0.2) is 9.97 Å². The summed E-state index contributed by atoms with van der Waals surface area (Å²) in [5, 5.41) is 0.617. The molecule has 2 rings (SSSR count). The molecule has 2 unspecified atom stereocenters. The van der Waals surface area contributed by atoms with Gasteiger partial charge in [0, 0.05) is 5.92 Å². The number of rotatable bonds is 2. The highest BCUT2D eigenvalue weighted by atomic mass is 127. The first-order chi connectivity index (χ1) is 8.11. The smallest absolute Gasteiger partial charge is 0.146 e. The lowest BCUT2D eigenvalue weighted by molar-refractivity contribution is 0.307. The Morgan fingerprint density at radius 3 is 2.76 bits per heavy atom. The lowest BCUT2D eigenvalue weighted by Crippen LogP contribution is -2.16. The molecule has 1 fully saturated rings. The number of halogens is 2. The van der Waals surface area contributed by atoms with E-state index in [1.165, 1.54) is 32.1 Å². The van der Waals surface area contributed by atoms with E-state index >= 15 is 0 Å². The third kappa shape index (κ3) is 3.11. The van der Waals surface area contributed by atoms with E-state index < -0.39 is 0 Å². The van der Waals surface area contributed by atoms with Crippen molar-refractivity contribution in [2.75, 3.05) is 0 Å². The van der Waals surface area contributed by atoms with E-state index in [0.717, 1.165) is 21.0 Å². The van der Waals surface area contributed by atoms with Crippen LogP contribution in [-0.4, -0.2) is 9.97 Å². The Balaban J connectivity index is 2.22. The summed E-state index contributed by atoms with van der Waals surface area (Å²) >= 11 is 8.36. The largest absolute Gasteiger partial charge is 0.237 e. The van der Waals surface area contributed by atoms with E-state index in [-0.39, 0.29) is 0 Å². The van der Waals surface area contributed by atoms with Crippen molar-refractivity contribution >= 4 is 34.2 Å². The molecule has 1 heterocycles. The van der Waals surface area contributed by atoms with Crippen LogP contribution in [0.25, 0.3) is 0 Å². The first kappa shape index (κ1) is 13.5. The van der Waals surface area contributed by atoms with E-state index in [1.54, 1.807) is 0 Å². The Hall–Kier alpha value is 0.1000. The molecule has 1 aliphatic rings. The molecule has 0 aromatic carbocycles. The van der Waals surface area contributed by atoms with Gasteiger partial charge in [-0.1, -0.05) is 37.8 Å². The predicted octanol–water partition coefficient (Wildman–Crippen LogP) is 4.73. The SMILES string of the molecule is CCC1CCCC(c2nc(C)c(I)c(Cl)n2)C1. The van der Waals surface area contributed by atoms with Gasteiger partial charge in [-0.3, -0.25) is 0 Å². The first-order valence-electron chi connectivity index (χ1n) is 6.31. The normalized spacial score (nSPS) is 24.9. The van der Waals surface area contributed by atoms with Gasteiger partial charge < -0.3 is 0 Å². The Morgan fingerprint density at radius 1 is 1.35 bits per heavy atom. The summed E-state index contributed by atoms with van der Waals surface area (Å²) < 4.78 is 0.982. The third-order valence-electron chi connectivity index (χ3n) is 3.72. The van der Waals surface area contributed by atoms with Gasteiger partial charge in [-0.05, 0) is 48.3 Å². The molecule has 0 radical (unpaired) electrons. The molecule has 17 heavy (non-hydrogen) atoms. The zero-order valence-corrected chi connectivity index (χ0v) is 13.3. The molecule has 2 atom stereocenters. The summed E-state index contributed by atoms with van der Waals surface area (Å²) in [6, 6.07) is 0. The van der Waals surface area contributed by atoms with Crippen molar-refractivity contribution < 1.29 is 0 Å². The van der Waals surface area contributed by atoms with Gasteiger partial charge in [-0.15, -0.1) is 0 Å². The van der Waals surface area contributed by atoms with Crippen LogP contribution < -0.4 is 0 Å². The van der Waals surface area contributed by atoms with Crippen molar-refractivity contribution in [2.45, 2.75) is 51.9 Å². The standard InChI is InChI=1S/C13H18ClIN2/c1-3-9-5-4-6-10(7-9)13-16-8(2)11(15)12(14)17-13/h9-10H,3-7H2,1-2H3. The van der Waals surface area contributed by atoms with Crippen molar-refractivity contribution in [3.05, 3.63) is 20.2 Å². The third-order valence-corrected chi connectivity index (χ3v) is 5.60. The zero-order chi connectivity index (χ0) is 12.4. The van der Waals surface area contributed by atoms with Crippen molar-refractivity contribution in [3.8, 4) is 0 Å². The predicted molar refractivity (Wildman–Crippen MR) is 79.5 cm³/mol. The van der Waals surface area contributed by atoms with Crippen molar-refractivity contribution in [1.82, 2.24) is 9.97 Å². The molecule has 0 spiro atoms. The Morgan fingerprint density at radius 2 is 2.12 bits per heavy atom. The summed E-state index contributed by atoms with van der Waals surface area (Å²) in [5.41, 5.74) is 1.01. The molecule has 0 N–H and O–H groups in total. The van der Waals surface area contributed by atoms with Crippen LogP contribution in [0.5, 0.6) is 0 Å². The van der Waals surface area contributed by atoms with Gasteiger partial charge >= 0.3 is 0 Å². The second-order valence-electron chi connectivity index (χ2n) is 4.91. The number of hydrogen-bond donors (Lipinski definition) is 0. The lowest BCUT2D eigenvalue weighted by atomic mass is 9.80. The highest BCUT2D eigenvalue weighted by molar-refractivity contribution is 14.1.